The maximum absolute atomic E-state index is 9.48. The molecule has 1 aromatic rings. The zero-order chi connectivity index (χ0) is 13.2. The van der Waals surface area contributed by atoms with Gasteiger partial charge in [0.15, 0.2) is 0 Å². The minimum atomic E-state index is 0.241. The lowest BCUT2D eigenvalue weighted by atomic mass is 9.90. The van der Waals surface area contributed by atoms with E-state index in [0.717, 1.165) is 13.0 Å². The summed E-state index contributed by atoms with van der Waals surface area (Å²) >= 11 is 1.90. The van der Waals surface area contributed by atoms with Crippen LogP contribution in [0.25, 0.3) is 0 Å². The van der Waals surface area contributed by atoms with Crippen LogP contribution in [-0.2, 0) is 6.42 Å². The number of fused-ring (bicyclic) bond motifs is 1. The van der Waals surface area contributed by atoms with E-state index in [1.54, 1.807) is 4.88 Å². The van der Waals surface area contributed by atoms with E-state index < -0.39 is 0 Å². The Hall–Kier alpha value is -0.850. The van der Waals surface area contributed by atoms with Crippen molar-refractivity contribution in [2.75, 3.05) is 6.54 Å². The average Bonchev–Trinajstić information content (AvgIpc) is 2.78. The van der Waals surface area contributed by atoms with Gasteiger partial charge in [-0.2, -0.15) is 5.26 Å². The molecule has 19 heavy (non-hydrogen) atoms. The zero-order valence-corrected chi connectivity index (χ0v) is 12.5. The summed E-state index contributed by atoms with van der Waals surface area (Å²) in [6, 6.07) is 5.85. The summed E-state index contributed by atoms with van der Waals surface area (Å²) in [6.45, 7) is 3.46. The normalized spacial score (nSPS) is 32.3. The Morgan fingerprint density at radius 3 is 3.00 bits per heavy atom. The Labute approximate surface area is 120 Å². The second kappa shape index (κ2) is 5.64. The molecule has 1 aliphatic carbocycles. The van der Waals surface area contributed by atoms with Gasteiger partial charge in [0.05, 0.1) is 12.0 Å². The van der Waals surface area contributed by atoms with Crippen LogP contribution in [0.3, 0.4) is 0 Å². The van der Waals surface area contributed by atoms with Gasteiger partial charge < -0.3 is 0 Å². The summed E-state index contributed by atoms with van der Waals surface area (Å²) in [5.41, 5.74) is 1.51. The molecule has 3 heteroatoms. The van der Waals surface area contributed by atoms with Crippen molar-refractivity contribution in [1.82, 2.24) is 4.90 Å². The van der Waals surface area contributed by atoms with Crippen LogP contribution in [0.1, 0.15) is 55.5 Å². The lowest BCUT2D eigenvalue weighted by molar-refractivity contribution is 0.102. The van der Waals surface area contributed by atoms with Gasteiger partial charge in [-0.25, -0.2) is 0 Å². The van der Waals surface area contributed by atoms with Crippen LogP contribution in [0, 0.1) is 17.2 Å². The van der Waals surface area contributed by atoms with Crippen molar-refractivity contribution < 1.29 is 0 Å². The predicted octanol–water partition coefficient (Wildman–Crippen LogP) is 4.14. The molecule has 102 valence electrons. The van der Waals surface area contributed by atoms with E-state index in [0.29, 0.717) is 12.1 Å². The summed E-state index contributed by atoms with van der Waals surface area (Å²) in [5.74, 6) is 0.241. The average molecular weight is 274 g/mol. The summed E-state index contributed by atoms with van der Waals surface area (Å²) in [7, 11) is 0. The van der Waals surface area contributed by atoms with Crippen molar-refractivity contribution in [2.45, 2.75) is 57.5 Å². The van der Waals surface area contributed by atoms with E-state index >= 15 is 0 Å². The maximum Gasteiger partial charge on any atom is 0.0672 e. The first-order valence-corrected chi connectivity index (χ1v) is 8.41. The van der Waals surface area contributed by atoms with E-state index in [1.807, 2.05) is 11.3 Å². The summed E-state index contributed by atoms with van der Waals surface area (Å²) in [5, 5.41) is 11.7. The van der Waals surface area contributed by atoms with Crippen molar-refractivity contribution in [3.8, 4) is 6.07 Å². The highest BCUT2D eigenvalue weighted by Crippen LogP contribution is 2.38. The fourth-order valence-electron chi connectivity index (χ4n) is 3.82. The standard InChI is InChI=1S/C16H22N2S/c1-12-14-8-10-19-16(14)7-9-18(12)15-6-4-2-3-5-13(15)11-17/h8,10,12-13,15H,2-7,9H2,1H3. The minimum Gasteiger partial charge on any atom is -0.292 e. The van der Waals surface area contributed by atoms with Crippen molar-refractivity contribution in [3.63, 3.8) is 0 Å². The van der Waals surface area contributed by atoms with E-state index in [1.165, 1.54) is 37.7 Å². The number of rotatable bonds is 1. The molecule has 0 amide bonds. The number of nitrogens with zero attached hydrogens (tertiary/aromatic N) is 2. The van der Waals surface area contributed by atoms with Crippen LogP contribution in [-0.4, -0.2) is 17.5 Å². The molecule has 0 saturated heterocycles. The second-order valence-corrected chi connectivity index (χ2v) is 6.90. The third-order valence-corrected chi connectivity index (χ3v) is 5.89. The molecule has 3 unspecified atom stereocenters. The lowest BCUT2D eigenvalue weighted by Gasteiger charge is -2.41. The molecule has 3 atom stereocenters. The second-order valence-electron chi connectivity index (χ2n) is 5.90. The summed E-state index contributed by atoms with van der Waals surface area (Å²) < 4.78 is 0. The van der Waals surface area contributed by atoms with E-state index in [4.69, 9.17) is 0 Å². The molecule has 1 aliphatic heterocycles. The molecule has 2 aliphatic rings. The van der Waals surface area contributed by atoms with Gasteiger partial charge in [0, 0.05) is 23.5 Å². The molecular formula is C16H22N2S. The monoisotopic (exact) mass is 274 g/mol. The first kappa shape index (κ1) is 13.1. The Balaban J connectivity index is 1.83. The number of hydrogen-bond acceptors (Lipinski definition) is 3. The fraction of sp³-hybridized carbons (Fsp3) is 0.688. The first-order chi connectivity index (χ1) is 9.31. The molecule has 1 saturated carbocycles. The van der Waals surface area contributed by atoms with Gasteiger partial charge in [-0.3, -0.25) is 4.90 Å². The van der Waals surface area contributed by atoms with Crippen LogP contribution < -0.4 is 0 Å². The van der Waals surface area contributed by atoms with Gasteiger partial charge >= 0.3 is 0 Å². The van der Waals surface area contributed by atoms with Crippen molar-refractivity contribution >= 4 is 11.3 Å². The number of hydrogen-bond donors (Lipinski definition) is 0. The Morgan fingerprint density at radius 2 is 2.16 bits per heavy atom. The Morgan fingerprint density at radius 1 is 1.32 bits per heavy atom. The van der Waals surface area contributed by atoms with Crippen LogP contribution in [0.2, 0.25) is 0 Å². The molecule has 0 aromatic carbocycles. The Kier molecular flexibility index (Phi) is 3.91. The van der Waals surface area contributed by atoms with Gasteiger partial charge in [-0.1, -0.05) is 19.3 Å². The highest BCUT2D eigenvalue weighted by molar-refractivity contribution is 7.10. The van der Waals surface area contributed by atoms with Gasteiger partial charge in [0.2, 0.25) is 0 Å². The predicted molar refractivity (Wildman–Crippen MR) is 79.1 cm³/mol. The molecule has 1 aromatic heterocycles. The Bertz CT molecular complexity index is 473. The third-order valence-electron chi connectivity index (χ3n) is 4.90. The maximum atomic E-state index is 9.48. The molecule has 0 N–H and O–H groups in total. The molecule has 3 rings (SSSR count). The molecule has 2 nitrogen and oxygen atoms in total. The van der Waals surface area contributed by atoms with Crippen LogP contribution >= 0.6 is 11.3 Å². The minimum absolute atomic E-state index is 0.241. The summed E-state index contributed by atoms with van der Waals surface area (Å²) in [6.07, 6.45) is 7.32. The van der Waals surface area contributed by atoms with Crippen LogP contribution in [0.5, 0.6) is 0 Å². The van der Waals surface area contributed by atoms with Crippen molar-refractivity contribution in [2.24, 2.45) is 5.92 Å². The molecule has 0 spiro atoms. The molecule has 0 radical (unpaired) electrons. The van der Waals surface area contributed by atoms with Gasteiger partial charge in [0.1, 0.15) is 0 Å². The lowest BCUT2D eigenvalue weighted by Crippen LogP contribution is -2.44. The van der Waals surface area contributed by atoms with Gasteiger partial charge in [0.25, 0.3) is 0 Å². The smallest absolute Gasteiger partial charge is 0.0672 e. The highest BCUT2D eigenvalue weighted by atomic mass is 32.1. The quantitative estimate of drug-likeness (QED) is 0.720. The molecular weight excluding hydrogens is 252 g/mol. The SMILES string of the molecule is CC1c2ccsc2CCN1C1CCCCCC1C#N. The van der Waals surface area contributed by atoms with E-state index in [-0.39, 0.29) is 5.92 Å². The van der Waals surface area contributed by atoms with Gasteiger partial charge in [-0.15, -0.1) is 11.3 Å². The molecule has 2 heterocycles. The zero-order valence-electron chi connectivity index (χ0n) is 11.6. The molecule has 1 fully saturated rings. The van der Waals surface area contributed by atoms with Crippen LogP contribution in [0.15, 0.2) is 11.4 Å². The number of thiophene rings is 1. The third kappa shape index (κ3) is 2.44. The largest absolute Gasteiger partial charge is 0.292 e. The van der Waals surface area contributed by atoms with Crippen molar-refractivity contribution in [3.05, 3.63) is 21.9 Å². The highest BCUT2D eigenvalue weighted by Gasteiger charge is 2.35. The topological polar surface area (TPSA) is 27.0 Å². The molecule has 0 bridgehead atoms. The summed E-state index contributed by atoms with van der Waals surface area (Å²) in [4.78, 5) is 4.18. The van der Waals surface area contributed by atoms with Gasteiger partial charge in [-0.05, 0) is 43.2 Å². The first-order valence-electron chi connectivity index (χ1n) is 7.53. The van der Waals surface area contributed by atoms with E-state index in [2.05, 4.69) is 29.3 Å². The fourth-order valence-corrected chi connectivity index (χ4v) is 4.78. The number of nitriles is 1. The van der Waals surface area contributed by atoms with Crippen molar-refractivity contribution in [1.29, 1.82) is 5.26 Å². The van der Waals surface area contributed by atoms with E-state index in [9.17, 15) is 5.26 Å². The van der Waals surface area contributed by atoms with Crippen LogP contribution in [0.4, 0.5) is 0 Å².